The van der Waals surface area contributed by atoms with Gasteiger partial charge in [0, 0.05) is 10.0 Å². The van der Waals surface area contributed by atoms with Gasteiger partial charge in [-0.1, -0.05) is 45.4 Å². The van der Waals surface area contributed by atoms with E-state index in [9.17, 15) is 0 Å². The summed E-state index contributed by atoms with van der Waals surface area (Å²) in [6.45, 7) is 2.69. The zero-order valence-electron chi connectivity index (χ0n) is 12.5. The molecule has 0 saturated heterocycles. The van der Waals surface area contributed by atoms with Crippen LogP contribution in [0.4, 0.5) is 0 Å². The molecule has 2 aromatic carbocycles. The number of nitrogens with zero attached hydrogens (tertiary/aromatic N) is 2. The third kappa shape index (κ3) is 3.90. The summed E-state index contributed by atoms with van der Waals surface area (Å²) in [6, 6.07) is 15.2. The lowest BCUT2D eigenvalue weighted by Gasteiger charge is -2.09. The predicted octanol–water partition coefficient (Wildman–Crippen LogP) is 4.48. The Labute approximate surface area is 142 Å². The summed E-state index contributed by atoms with van der Waals surface area (Å²) in [6.07, 6.45) is 0. The molecule has 0 atom stereocenters. The lowest BCUT2D eigenvalue weighted by Crippen LogP contribution is -1.99. The topological polar surface area (TPSA) is 57.4 Å². The highest BCUT2D eigenvalue weighted by molar-refractivity contribution is 9.10. The first-order valence-corrected chi connectivity index (χ1v) is 7.98. The number of halogens is 1. The van der Waals surface area contributed by atoms with Crippen LogP contribution < -0.4 is 9.47 Å². The summed E-state index contributed by atoms with van der Waals surface area (Å²) < 4.78 is 17.4. The second-order valence-electron chi connectivity index (χ2n) is 4.69. The minimum Gasteiger partial charge on any atom is -0.490 e. The minimum atomic E-state index is 0.186. The van der Waals surface area contributed by atoms with E-state index in [0.29, 0.717) is 29.8 Å². The van der Waals surface area contributed by atoms with E-state index in [2.05, 4.69) is 26.1 Å². The molecular weight excluding hydrogens is 360 g/mol. The van der Waals surface area contributed by atoms with E-state index in [0.717, 1.165) is 10.0 Å². The number of hydrogen-bond donors (Lipinski definition) is 0. The fourth-order valence-corrected chi connectivity index (χ4v) is 2.44. The predicted molar refractivity (Wildman–Crippen MR) is 89.4 cm³/mol. The van der Waals surface area contributed by atoms with Crippen LogP contribution in [0.25, 0.3) is 11.4 Å². The van der Waals surface area contributed by atoms with Gasteiger partial charge >= 0.3 is 0 Å². The monoisotopic (exact) mass is 374 g/mol. The number of rotatable bonds is 6. The normalized spacial score (nSPS) is 10.5. The largest absolute Gasteiger partial charge is 0.490 e. The first-order valence-electron chi connectivity index (χ1n) is 7.19. The molecular formula is C17H15BrN2O3. The molecule has 1 heterocycles. The SMILES string of the molecule is CCOc1ccccc1OCc1nc(-c2cccc(Br)c2)no1. The van der Waals surface area contributed by atoms with Crippen LogP contribution in [0.2, 0.25) is 0 Å². The second kappa shape index (κ2) is 7.28. The minimum absolute atomic E-state index is 0.186. The maximum atomic E-state index is 5.72. The molecule has 1 aromatic heterocycles. The average Bonchev–Trinajstić information content (AvgIpc) is 3.03. The average molecular weight is 375 g/mol. The van der Waals surface area contributed by atoms with Crippen molar-refractivity contribution in [1.82, 2.24) is 10.1 Å². The van der Waals surface area contributed by atoms with Gasteiger partial charge < -0.3 is 14.0 Å². The molecule has 118 valence electrons. The van der Waals surface area contributed by atoms with Crippen molar-refractivity contribution in [2.24, 2.45) is 0 Å². The van der Waals surface area contributed by atoms with E-state index < -0.39 is 0 Å². The van der Waals surface area contributed by atoms with E-state index >= 15 is 0 Å². The Balaban J connectivity index is 1.70. The summed E-state index contributed by atoms with van der Waals surface area (Å²) in [5, 5.41) is 3.98. The maximum absolute atomic E-state index is 5.72. The Morgan fingerprint density at radius 2 is 1.83 bits per heavy atom. The van der Waals surface area contributed by atoms with Crippen molar-refractivity contribution in [3.63, 3.8) is 0 Å². The van der Waals surface area contributed by atoms with Crippen molar-refractivity contribution in [3.05, 3.63) is 58.9 Å². The molecule has 3 rings (SSSR count). The first kappa shape index (κ1) is 15.6. The van der Waals surface area contributed by atoms with E-state index in [-0.39, 0.29) is 6.61 Å². The van der Waals surface area contributed by atoms with Gasteiger partial charge in [0.15, 0.2) is 18.1 Å². The molecule has 0 bridgehead atoms. The molecule has 0 amide bonds. The molecule has 0 aliphatic carbocycles. The van der Waals surface area contributed by atoms with Crippen molar-refractivity contribution in [1.29, 1.82) is 0 Å². The number of para-hydroxylation sites is 2. The van der Waals surface area contributed by atoms with Crippen LogP contribution in [-0.2, 0) is 6.61 Å². The molecule has 23 heavy (non-hydrogen) atoms. The molecule has 0 aliphatic rings. The van der Waals surface area contributed by atoms with Gasteiger partial charge in [-0.25, -0.2) is 0 Å². The van der Waals surface area contributed by atoms with Crippen LogP contribution in [-0.4, -0.2) is 16.7 Å². The first-order chi connectivity index (χ1) is 11.3. The number of benzene rings is 2. The quantitative estimate of drug-likeness (QED) is 0.636. The molecule has 0 fully saturated rings. The lowest BCUT2D eigenvalue weighted by atomic mass is 10.2. The van der Waals surface area contributed by atoms with Gasteiger partial charge in [-0.05, 0) is 31.2 Å². The number of hydrogen-bond acceptors (Lipinski definition) is 5. The molecule has 5 nitrogen and oxygen atoms in total. The summed E-state index contributed by atoms with van der Waals surface area (Å²) >= 11 is 3.43. The van der Waals surface area contributed by atoms with Crippen LogP contribution in [0.15, 0.2) is 57.5 Å². The summed E-state index contributed by atoms with van der Waals surface area (Å²) in [4.78, 5) is 4.35. The molecule has 3 aromatic rings. The Hall–Kier alpha value is -2.34. The highest BCUT2D eigenvalue weighted by Crippen LogP contribution is 2.27. The molecule has 0 spiro atoms. The highest BCUT2D eigenvalue weighted by Gasteiger charge is 2.11. The zero-order chi connectivity index (χ0) is 16.1. The Morgan fingerprint density at radius 3 is 2.57 bits per heavy atom. The van der Waals surface area contributed by atoms with E-state index in [1.165, 1.54) is 0 Å². The highest BCUT2D eigenvalue weighted by atomic mass is 79.9. The van der Waals surface area contributed by atoms with Crippen LogP contribution in [0.5, 0.6) is 11.5 Å². The van der Waals surface area contributed by atoms with Gasteiger partial charge in [-0.2, -0.15) is 4.98 Å². The molecule has 0 unspecified atom stereocenters. The Kier molecular flexibility index (Phi) is 4.92. The Bertz CT molecular complexity index is 789. The maximum Gasteiger partial charge on any atom is 0.264 e. The molecule has 6 heteroatoms. The van der Waals surface area contributed by atoms with Crippen molar-refractivity contribution in [3.8, 4) is 22.9 Å². The summed E-state index contributed by atoms with van der Waals surface area (Å²) in [7, 11) is 0. The van der Waals surface area contributed by atoms with Crippen molar-refractivity contribution < 1.29 is 14.0 Å². The van der Waals surface area contributed by atoms with Crippen LogP contribution >= 0.6 is 15.9 Å². The van der Waals surface area contributed by atoms with Crippen LogP contribution in [0.3, 0.4) is 0 Å². The molecule has 0 N–H and O–H groups in total. The summed E-state index contributed by atoms with van der Waals surface area (Å²) in [5.74, 6) is 2.28. The van der Waals surface area contributed by atoms with Crippen molar-refractivity contribution in [2.45, 2.75) is 13.5 Å². The molecule has 0 aliphatic heterocycles. The number of aromatic nitrogens is 2. The number of ether oxygens (including phenoxy) is 2. The van der Waals surface area contributed by atoms with Crippen LogP contribution in [0, 0.1) is 0 Å². The van der Waals surface area contributed by atoms with Crippen molar-refractivity contribution in [2.75, 3.05) is 6.61 Å². The third-order valence-electron chi connectivity index (χ3n) is 3.05. The smallest absolute Gasteiger partial charge is 0.264 e. The third-order valence-corrected chi connectivity index (χ3v) is 3.54. The zero-order valence-corrected chi connectivity index (χ0v) is 14.1. The van der Waals surface area contributed by atoms with Crippen molar-refractivity contribution >= 4 is 15.9 Å². The molecule has 0 saturated carbocycles. The molecule has 0 radical (unpaired) electrons. The fraction of sp³-hybridized carbons (Fsp3) is 0.176. The van der Waals surface area contributed by atoms with E-state index in [4.69, 9.17) is 14.0 Å². The van der Waals surface area contributed by atoms with Crippen LogP contribution in [0.1, 0.15) is 12.8 Å². The lowest BCUT2D eigenvalue weighted by molar-refractivity contribution is 0.228. The van der Waals surface area contributed by atoms with Gasteiger partial charge in [-0.15, -0.1) is 0 Å². The van der Waals surface area contributed by atoms with E-state index in [1.807, 2.05) is 55.5 Å². The van der Waals surface area contributed by atoms with Gasteiger partial charge in [0.2, 0.25) is 5.82 Å². The van der Waals surface area contributed by atoms with E-state index in [1.54, 1.807) is 0 Å². The summed E-state index contributed by atoms with van der Waals surface area (Å²) in [5.41, 5.74) is 0.879. The standard InChI is InChI=1S/C17H15BrN2O3/c1-2-21-14-8-3-4-9-15(14)22-11-16-19-17(20-23-16)12-6-5-7-13(18)10-12/h3-10H,2,11H2,1H3. The second-order valence-corrected chi connectivity index (χ2v) is 5.61. The Morgan fingerprint density at radius 1 is 1.04 bits per heavy atom. The van der Waals surface area contributed by atoms with Gasteiger partial charge in [0.05, 0.1) is 6.61 Å². The fourth-order valence-electron chi connectivity index (χ4n) is 2.04. The van der Waals surface area contributed by atoms with Gasteiger partial charge in [0.25, 0.3) is 5.89 Å². The van der Waals surface area contributed by atoms with Gasteiger partial charge in [-0.3, -0.25) is 0 Å². The van der Waals surface area contributed by atoms with Gasteiger partial charge in [0.1, 0.15) is 0 Å².